The molecule has 25 heavy (non-hydrogen) atoms. The van der Waals surface area contributed by atoms with Crippen LogP contribution in [0.1, 0.15) is 27.9 Å². The van der Waals surface area contributed by atoms with Gasteiger partial charge in [-0.1, -0.05) is 23.5 Å². The third kappa shape index (κ3) is 4.15. The van der Waals surface area contributed by atoms with E-state index in [1.807, 2.05) is 26.0 Å². The van der Waals surface area contributed by atoms with Gasteiger partial charge in [0.05, 0.1) is 24.6 Å². The van der Waals surface area contributed by atoms with Gasteiger partial charge in [-0.25, -0.2) is 10.4 Å². The predicted molar refractivity (Wildman–Crippen MR) is 100 cm³/mol. The number of aryl methyl sites for hydroxylation is 1. The van der Waals surface area contributed by atoms with Crippen molar-refractivity contribution in [3.63, 3.8) is 0 Å². The minimum atomic E-state index is -0.246. The van der Waals surface area contributed by atoms with Crippen molar-refractivity contribution in [3.8, 4) is 0 Å². The summed E-state index contributed by atoms with van der Waals surface area (Å²) < 4.78 is 5.35. The quantitative estimate of drug-likeness (QED) is 0.495. The Kier molecular flexibility index (Phi) is 5.30. The number of nitrogen functional groups attached to an aromatic ring is 1. The number of morpholine rings is 1. The fourth-order valence-electron chi connectivity index (χ4n) is 2.46. The van der Waals surface area contributed by atoms with Crippen LogP contribution >= 0.6 is 11.3 Å². The van der Waals surface area contributed by atoms with Crippen molar-refractivity contribution in [2.24, 2.45) is 5.10 Å². The van der Waals surface area contributed by atoms with Gasteiger partial charge in [0.2, 0.25) is 0 Å². The lowest BCUT2D eigenvalue weighted by Gasteiger charge is -2.25. The first-order valence-electron chi connectivity index (χ1n) is 8.05. The average Bonchev–Trinajstić information content (AvgIpc) is 3.02. The number of ether oxygens (including phenoxy) is 1. The summed E-state index contributed by atoms with van der Waals surface area (Å²) in [5.41, 5.74) is 11.3. The first-order chi connectivity index (χ1) is 12.0. The van der Waals surface area contributed by atoms with Crippen LogP contribution in [0.4, 0.5) is 10.8 Å². The zero-order valence-electron chi connectivity index (χ0n) is 14.3. The zero-order valence-corrected chi connectivity index (χ0v) is 15.1. The lowest BCUT2D eigenvalue weighted by atomic mass is 10.1. The topological polar surface area (TPSA) is 92.8 Å². The number of amides is 1. The van der Waals surface area contributed by atoms with Crippen LogP contribution in [0.3, 0.4) is 0 Å². The molecule has 132 valence electrons. The highest BCUT2D eigenvalue weighted by Gasteiger charge is 2.20. The maximum atomic E-state index is 12.4. The van der Waals surface area contributed by atoms with Gasteiger partial charge in [-0.15, -0.1) is 0 Å². The second-order valence-electron chi connectivity index (χ2n) is 5.77. The molecule has 0 saturated carbocycles. The molecule has 1 fully saturated rings. The molecular weight excluding hydrogens is 338 g/mol. The van der Waals surface area contributed by atoms with E-state index in [0.717, 1.165) is 23.8 Å². The van der Waals surface area contributed by atoms with Crippen molar-refractivity contribution < 1.29 is 9.53 Å². The van der Waals surface area contributed by atoms with Crippen molar-refractivity contribution in [1.29, 1.82) is 0 Å². The Morgan fingerprint density at radius 3 is 2.68 bits per heavy atom. The fraction of sp³-hybridized carbons (Fsp3) is 0.353. The fourth-order valence-corrected chi connectivity index (χ4v) is 3.47. The standard InChI is InChI=1S/C17H21N5O2S/c1-11(13-3-5-14(18)6-4-13)20-21-16(23)15-12(2)19-17(25-15)22-7-9-24-10-8-22/h3-6H,7-10,18H2,1-2H3,(H,21,23)/b20-11-. The Bertz CT molecular complexity index is 779. The van der Waals surface area contributed by atoms with Crippen molar-refractivity contribution in [2.75, 3.05) is 36.9 Å². The number of hydrazone groups is 1. The molecule has 1 aromatic heterocycles. The van der Waals surface area contributed by atoms with E-state index in [1.54, 1.807) is 12.1 Å². The summed E-state index contributed by atoms with van der Waals surface area (Å²) in [6.45, 7) is 6.64. The predicted octanol–water partition coefficient (Wildman–Crippen LogP) is 2.02. The van der Waals surface area contributed by atoms with Gasteiger partial charge >= 0.3 is 0 Å². The SMILES string of the molecule is C/C(=N/NC(=O)c1sc(N2CCOCC2)nc1C)c1ccc(N)cc1. The van der Waals surface area contributed by atoms with Gasteiger partial charge in [0.15, 0.2) is 5.13 Å². The largest absolute Gasteiger partial charge is 0.399 e. The molecule has 2 aromatic rings. The maximum absolute atomic E-state index is 12.4. The number of nitrogens with zero attached hydrogens (tertiary/aromatic N) is 3. The number of aromatic nitrogens is 1. The Labute approximate surface area is 150 Å². The maximum Gasteiger partial charge on any atom is 0.283 e. The molecule has 0 bridgehead atoms. The summed E-state index contributed by atoms with van der Waals surface area (Å²) in [4.78, 5) is 19.7. The van der Waals surface area contributed by atoms with Crippen LogP contribution in [0, 0.1) is 6.92 Å². The molecule has 7 nitrogen and oxygen atoms in total. The summed E-state index contributed by atoms with van der Waals surface area (Å²) >= 11 is 1.38. The van der Waals surface area contributed by atoms with E-state index >= 15 is 0 Å². The van der Waals surface area contributed by atoms with E-state index in [4.69, 9.17) is 10.5 Å². The summed E-state index contributed by atoms with van der Waals surface area (Å²) in [5, 5.41) is 5.04. The lowest BCUT2D eigenvalue weighted by Crippen LogP contribution is -2.36. The van der Waals surface area contributed by atoms with E-state index in [2.05, 4.69) is 20.4 Å². The van der Waals surface area contributed by atoms with Crippen LogP contribution in [0.5, 0.6) is 0 Å². The van der Waals surface area contributed by atoms with Crippen LogP contribution in [-0.2, 0) is 4.74 Å². The van der Waals surface area contributed by atoms with Crippen LogP contribution < -0.4 is 16.1 Å². The van der Waals surface area contributed by atoms with Gasteiger partial charge in [-0.2, -0.15) is 5.10 Å². The molecule has 3 N–H and O–H groups in total. The number of hydrogen-bond acceptors (Lipinski definition) is 7. The van der Waals surface area contributed by atoms with Crippen LogP contribution in [0.2, 0.25) is 0 Å². The van der Waals surface area contributed by atoms with Crippen LogP contribution in [-0.4, -0.2) is 42.9 Å². The molecule has 2 heterocycles. The van der Waals surface area contributed by atoms with E-state index < -0.39 is 0 Å². The Morgan fingerprint density at radius 1 is 1.32 bits per heavy atom. The van der Waals surface area contributed by atoms with Crippen molar-refractivity contribution in [2.45, 2.75) is 13.8 Å². The second kappa shape index (κ2) is 7.62. The molecule has 3 rings (SSSR count). The molecule has 1 amide bonds. The number of rotatable bonds is 4. The Balaban J connectivity index is 1.69. The second-order valence-corrected chi connectivity index (χ2v) is 6.75. The molecule has 0 aliphatic carbocycles. The monoisotopic (exact) mass is 359 g/mol. The summed E-state index contributed by atoms with van der Waals surface area (Å²) in [6.07, 6.45) is 0. The normalized spacial score (nSPS) is 15.3. The number of anilines is 2. The molecule has 1 saturated heterocycles. The summed E-state index contributed by atoms with van der Waals surface area (Å²) in [7, 11) is 0. The highest BCUT2D eigenvalue weighted by atomic mass is 32.1. The van der Waals surface area contributed by atoms with Crippen molar-refractivity contribution in [3.05, 3.63) is 40.4 Å². The Hall–Kier alpha value is -2.45. The highest BCUT2D eigenvalue weighted by Crippen LogP contribution is 2.26. The van der Waals surface area contributed by atoms with E-state index in [1.165, 1.54) is 11.3 Å². The summed E-state index contributed by atoms with van der Waals surface area (Å²) in [6, 6.07) is 7.35. The molecule has 1 aliphatic heterocycles. The molecular formula is C17H21N5O2S. The zero-order chi connectivity index (χ0) is 17.8. The van der Waals surface area contributed by atoms with Gasteiger partial charge in [0, 0.05) is 18.8 Å². The third-order valence-corrected chi connectivity index (χ3v) is 5.14. The van der Waals surface area contributed by atoms with Gasteiger partial charge in [0.1, 0.15) is 4.88 Å². The van der Waals surface area contributed by atoms with Crippen LogP contribution in [0.15, 0.2) is 29.4 Å². The van der Waals surface area contributed by atoms with Gasteiger partial charge < -0.3 is 15.4 Å². The average molecular weight is 359 g/mol. The first kappa shape index (κ1) is 17.4. The Morgan fingerprint density at radius 2 is 2.00 bits per heavy atom. The molecule has 0 radical (unpaired) electrons. The molecule has 0 unspecified atom stereocenters. The first-order valence-corrected chi connectivity index (χ1v) is 8.87. The smallest absolute Gasteiger partial charge is 0.283 e. The number of nitrogens with two attached hydrogens (primary N) is 1. The van der Waals surface area contributed by atoms with Crippen molar-refractivity contribution >= 4 is 33.8 Å². The number of carbonyl (C=O) groups excluding carboxylic acids is 1. The van der Waals surface area contributed by atoms with E-state index in [9.17, 15) is 4.79 Å². The number of carbonyl (C=O) groups is 1. The third-order valence-electron chi connectivity index (χ3n) is 3.93. The van der Waals surface area contributed by atoms with E-state index in [0.29, 0.717) is 35.2 Å². The van der Waals surface area contributed by atoms with Crippen LogP contribution in [0.25, 0.3) is 0 Å². The molecule has 1 aliphatic rings. The van der Waals surface area contributed by atoms with Gasteiger partial charge in [-0.3, -0.25) is 4.79 Å². The minimum absolute atomic E-state index is 0.246. The van der Waals surface area contributed by atoms with E-state index in [-0.39, 0.29) is 5.91 Å². The highest BCUT2D eigenvalue weighted by molar-refractivity contribution is 7.17. The number of hydrogen-bond donors (Lipinski definition) is 2. The molecule has 0 atom stereocenters. The number of benzene rings is 1. The molecule has 0 spiro atoms. The van der Waals surface area contributed by atoms with Gasteiger partial charge in [-0.05, 0) is 31.5 Å². The lowest BCUT2D eigenvalue weighted by molar-refractivity contribution is 0.0958. The number of thiazole rings is 1. The molecule has 8 heteroatoms. The summed E-state index contributed by atoms with van der Waals surface area (Å²) in [5.74, 6) is -0.246. The number of nitrogens with one attached hydrogen (secondary N) is 1. The molecule has 1 aromatic carbocycles. The van der Waals surface area contributed by atoms with Crippen molar-refractivity contribution in [1.82, 2.24) is 10.4 Å². The van der Waals surface area contributed by atoms with Gasteiger partial charge in [0.25, 0.3) is 5.91 Å². The minimum Gasteiger partial charge on any atom is -0.399 e.